The molecule has 76 valence electrons. The average molecular weight is 188 g/mol. The van der Waals surface area contributed by atoms with E-state index in [1.165, 1.54) is 7.05 Å². The summed E-state index contributed by atoms with van der Waals surface area (Å²) in [6, 6.07) is -0.727. The Morgan fingerprint density at radius 2 is 1.77 bits per heavy atom. The van der Waals surface area contributed by atoms with Crippen LogP contribution in [0, 0.1) is 5.41 Å². The summed E-state index contributed by atoms with van der Waals surface area (Å²) in [6.45, 7) is 5.38. The van der Waals surface area contributed by atoms with Gasteiger partial charge in [0.25, 0.3) is 0 Å². The second-order valence-electron chi connectivity index (χ2n) is 3.86. The molecule has 1 atom stereocenters. The molecule has 0 aromatic rings. The number of carbonyl (C=O) groups is 2. The van der Waals surface area contributed by atoms with Crippen molar-refractivity contribution < 1.29 is 14.7 Å². The Labute approximate surface area is 77.5 Å². The number of carboxylic acid groups (broad SMARTS) is 1. The molecule has 3 N–H and O–H groups in total. The van der Waals surface area contributed by atoms with E-state index in [-0.39, 0.29) is 5.91 Å². The molecule has 0 rings (SSSR count). The van der Waals surface area contributed by atoms with Gasteiger partial charge in [0, 0.05) is 7.05 Å². The maximum atomic E-state index is 11.3. The van der Waals surface area contributed by atoms with Crippen molar-refractivity contribution in [2.45, 2.75) is 26.8 Å². The average Bonchev–Trinajstić information content (AvgIpc) is 1.96. The summed E-state index contributed by atoms with van der Waals surface area (Å²) in [7, 11) is 1.48. The number of rotatable bonds is 2. The van der Waals surface area contributed by atoms with Crippen LogP contribution in [0.15, 0.2) is 0 Å². The molecule has 5 nitrogen and oxygen atoms in total. The Morgan fingerprint density at radius 3 is 2.00 bits per heavy atom. The smallest absolute Gasteiger partial charge is 0.405 e. The van der Waals surface area contributed by atoms with E-state index in [0.29, 0.717) is 0 Å². The first-order chi connectivity index (χ1) is 5.79. The van der Waals surface area contributed by atoms with Gasteiger partial charge in [-0.1, -0.05) is 20.8 Å². The highest BCUT2D eigenvalue weighted by Gasteiger charge is 2.31. The highest BCUT2D eigenvalue weighted by atomic mass is 16.4. The van der Waals surface area contributed by atoms with Crippen LogP contribution >= 0.6 is 0 Å². The monoisotopic (exact) mass is 188 g/mol. The largest absolute Gasteiger partial charge is 0.465 e. The lowest BCUT2D eigenvalue weighted by atomic mass is 9.86. The summed E-state index contributed by atoms with van der Waals surface area (Å²) < 4.78 is 0. The molecule has 0 aromatic carbocycles. The maximum Gasteiger partial charge on any atom is 0.405 e. The number of likely N-dealkylation sites (N-methyl/N-ethyl adjacent to an activating group) is 1. The minimum absolute atomic E-state index is 0.324. The minimum atomic E-state index is -1.19. The van der Waals surface area contributed by atoms with Crippen molar-refractivity contribution >= 4 is 12.0 Å². The molecular formula is C8H16N2O3. The second-order valence-corrected chi connectivity index (χ2v) is 3.86. The quantitative estimate of drug-likeness (QED) is 0.587. The van der Waals surface area contributed by atoms with Gasteiger partial charge in [0.2, 0.25) is 5.91 Å². The van der Waals surface area contributed by atoms with E-state index >= 15 is 0 Å². The molecule has 0 aliphatic carbocycles. The summed E-state index contributed by atoms with van der Waals surface area (Å²) >= 11 is 0. The van der Waals surface area contributed by atoms with Crippen LogP contribution in [0.5, 0.6) is 0 Å². The van der Waals surface area contributed by atoms with Crippen molar-refractivity contribution in [2.24, 2.45) is 5.41 Å². The van der Waals surface area contributed by atoms with Crippen molar-refractivity contribution in [1.29, 1.82) is 0 Å². The summed E-state index contributed by atoms with van der Waals surface area (Å²) in [4.78, 5) is 21.6. The van der Waals surface area contributed by atoms with Gasteiger partial charge in [0.15, 0.2) is 0 Å². The third kappa shape index (κ3) is 3.78. The van der Waals surface area contributed by atoms with Crippen molar-refractivity contribution in [1.82, 2.24) is 10.6 Å². The van der Waals surface area contributed by atoms with Crippen LogP contribution in [0.1, 0.15) is 20.8 Å². The van der Waals surface area contributed by atoms with Gasteiger partial charge in [-0.05, 0) is 5.41 Å². The lowest BCUT2D eigenvalue weighted by molar-refractivity contribution is -0.124. The Bertz CT molecular complexity index is 208. The molecule has 0 fully saturated rings. The Hall–Kier alpha value is -1.26. The van der Waals surface area contributed by atoms with Crippen LogP contribution in [0.4, 0.5) is 4.79 Å². The first-order valence-corrected chi connectivity index (χ1v) is 4.00. The molecule has 0 aliphatic heterocycles. The van der Waals surface area contributed by atoms with Crippen LogP contribution in [-0.4, -0.2) is 30.2 Å². The van der Waals surface area contributed by atoms with Crippen LogP contribution in [0.3, 0.4) is 0 Å². The molecule has 0 saturated heterocycles. The highest BCUT2D eigenvalue weighted by molar-refractivity contribution is 5.85. The summed E-state index contributed by atoms with van der Waals surface area (Å²) in [6.07, 6.45) is -1.19. The van der Waals surface area contributed by atoms with E-state index in [2.05, 4.69) is 10.6 Å². The Balaban J connectivity index is 4.56. The van der Waals surface area contributed by atoms with Crippen molar-refractivity contribution in [2.75, 3.05) is 7.05 Å². The summed E-state index contributed by atoms with van der Waals surface area (Å²) in [5, 5.41) is 13.1. The standard InChI is InChI=1S/C8H16N2O3/c1-8(2,3)5(6(11)9-4)10-7(12)13/h5,10H,1-4H3,(H,9,11)(H,12,13). The van der Waals surface area contributed by atoms with Crippen LogP contribution < -0.4 is 10.6 Å². The third-order valence-electron chi connectivity index (χ3n) is 1.64. The second kappa shape index (κ2) is 4.11. The predicted octanol–water partition coefficient (Wildman–Crippen LogP) is 0.415. The SMILES string of the molecule is CNC(=O)C(NC(=O)O)C(C)(C)C. The molecule has 0 saturated carbocycles. The molecule has 0 aromatic heterocycles. The fourth-order valence-electron chi connectivity index (χ4n) is 0.943. The van der Waals surface area contributed by atoms with Crippen molar-refractivity contribution in [3.8, 4) is 0 Å². The molecule has 0 heterocycles. The minimum Gasteiger partial charge on any atom is -0.465 e. The topological polar surface area (TPSA) is 78.4 Å². The van der Waals surface area contributed by atoms with E-state index in [4.69, 9.17) is 5.11 Å². The van der Waals surface area contributed by atoms with Gasteiger partial charge in [0.05, 0.1) is 0 Å². The Morgan fingerprint density at radius 1 is 1.31 bits per heavy atom. The fourth-order valence-corrected chi connectivity index (χ4v) is 0.943. The molecule has 2 amide bonds. The van der Waals surface area contributed by atoms with Crippen molar-refractivity contribution in [3.05, 3.63) is 0 Å². The van der Waals surface area contributed by atoms with E-state index in [1.807, 2.05) is 0 Å². The van der Waals surface area contributed by atoms with Crippen LogP contribution in [-0.2, 0) is 4.79 Å². The fraction of sp³-hybridized carbons (Fsp3) is 0.750. The van der Waals surface area contributed by atoms with Gasteiger partial charge < -0.3 is 15.7 Å². The molecule has 5 heteroatoms. The van der Waals surface area contributed by atoms with Gasteiger partial charge in [-0.3, -0.25) is 4.79 Å². The van der Waals surface area contributed by atoms with Gasteiger partial charge in [-0.2, -0.15) is 0 Å². The van der Waals surface area contributed by atoms with Gasteiger partial charge in [0.1, 0.15) is 6.04 Å². The molecule has 0 bridgehead atoms. The van der Waals surface area contributed by atoms with Crippen LogP contribution in [0.25, 0.3) is 0 Å². The molecule has 0 spiro atoms. The van der Waals surface area contributed by atoms with Crippen LogP contribution in [0.2, 0.25) is 0 Å². The first-order valence-electron chi connectivity index (χ1n) is 4.00. The highest BCUT2D eigenvalue weighted by Crippen LogP contribution is 2.19. The maximum absolute atomic E-state index is 11.3. The molecule has 0 aliphatic rings. The number of amides is 2. The normalized spacial score (nSPS) is 13.2. The lowest BCUT2D eigenvalue weighted by Gasteiger charge is -2.28. The van der Waals surface area contributed by atoms with E-state index in [0.717, 1.165) is 0 Å². The number of carbonyl (C=O) groups excluding carboxylic acids is 1. The predicted molar refractivity (Wildman–Crippen MR) is 48.5 cm³/mol. The zero-order valence-corrected chi connectivity index (χ0v) is 8.34. The zero-order chi connectivity index (χ0) is 10.6. The lowest BCUT2D eigenvalue weighted by Crippen LogP contribution is -2.52. The first kappa shape index (κ1) is 11.7. The van der Waals surface area contributed by atoms with Gasteiger partial charge in [-0.15, -0.1) is 0 Å². The van der Waals surface area contributed by atoms with E-state index in [9.17, 15) is 9.59 Å². The van der Waals surface area contributed by atoms with E-state index < -0.39 is 17.6 Å². The molecule has 1 unspecified atom stereocenters. The third-order valence-corrected chi connectivity index (χ3v) is 1.64. The van der Waals surface area contributed by atoms with E-state index in [1.54, 1.807) is 20.8 Å². The van der Waals surface area contributed by atoms with Gasteiger partial charge in [-0.25, -0.2) is 4.79 Å². The molecule has 0 radical (unpaired) electrons. The summed E-state index contributed by atoms with van der Waals surface area (Å²) in [5.74, 6) is -0.324. The molecule has 13 heavy (non-hydrogen) atoms. The summed E-state index contributed by atoms with van der Waals surface area (Å²) in [5.41, 5.74) is -0.432. The number of hydrogen-bond acceptors (Lipinski definition) is 2. The Kier molecular flexibility index (Phi) is 3.71. The number of nitrogens with one attached hydrogen (secondary N) is 2. The zero-order valence-electron chi connectivity index (χ0n) is 8.34. The molecular weight excluding hydrogens is 172 g/mol. The van der Waals surface area contributed by atoms with Gasteiger partial charge >= 0.3 is 6.09 Å². The number of hydrogen-bond donors (Lipinski definition) is 3. The van der Waals surface area contributed by atoms with Crippen molar-refractivity contribution in [3.63, 3.8) is 0 Å².